The molecule has 1 rings (SSSR count). The summed E-state index contributed by atoms with van der Waals surface area (Å²) in [6.07, 6.45) is 1.99. The molecule has 0 spiro atoms. The van der Waals surface area contributed by atoms with Crippen LogP contribution in [0, 0.1) is 5.92 Å². The van der Waals surface area contributed by atoms with Gasteiger partial charge in [-0.3, -0.25) is 0 Å². The first kappa shape index (κ1) is 12.0. The van der Waals surface area contributed by atoms with E-state index in [1.165, 1.54) is 0 Å². The van der Waals surface area contributed by atoms with E-state index in [0.29, 0.717) is 0 Å². The van der Waals surface area contributed by atoms with E-state index < -0.39 is 17.2 Å². The van der Waals surface area contributed by atoms with Gasteiger partial charge in [0, 0.05) is 5.92 Å². The van der Waals surface area contributed by atoms with Crippen LogP contribution in [-0.2, 0) is 4.74 Å². The Labute approximate surface area is 90.3 Å². The van der Waals surface area contributed by atoms with Crippen LogP contribution in [0.5, 0.6) is 0 Å². The minimum Gasteiger partial charge on any atom is -0.444 e. The molecule has 0 heterocycles. The largest absolute Gasteiger partial charge is 0.444 e. The number of aliphatic hydroxyl groups excluding tert-OH is 1. The van der Waals surface area contributed by atoms with Crippen molar-refractivity contribution in [2.75, 3.05) is 6.61 Å². The molecule has 1 fully saturated rings. The molecule has 1 amide bonds. The van der Waals surface area contributed by atoms with Crippen molar-refractivity contribution in [3.63, 3.8) is 0 Å². The predicted octanol–water partition coefficient (Wildman–Crippen LogP) is 1.45. The Morgan fingerprint density at radius 2 is 2.33 bits per heavy atom. The molecule has 2 N–H and O–H groups in total. The molecule has 2 atom stereocenters. The van der Waals surface area contributed by atoms with Crippen molar-refractivity contribution in [1.29, 1.82) is 0 Å². The van der Waals surface area contributed by atoms with Crippen LogP contribution in [0.3, 0.4) is 0 Å². The lowest BCUT2D eigenvalue weighted by Crippen LogP contribution is -2.44. The fourth-order valence-corrected chi connectivity index (χ4v) is 1.51. The summed E-state index contributed by atoms with van der Waals surface area (Å²) in [5, 5.41) is 11.9. The summed E-state index contributed by atoms with van der Waals surface area (Å²) >= 11 is 0. The van der Waals surface area contributed by atoms with Crippen molar-refractivity contribution in [2.24, 2.45) is 5.92 Å². The normalized spacial score (nSPS) is 29.5. The molecule has 4 nitrogen and oxygen atoms in total. The summed E-state index contributed by atoms with van der Waals surface area (Å²) in [5.41, 5.74) is -1.05. The number of amides is 1. The lowest BCUT2D eigenvalue weighted by Gasteiger charge is -2.23. The Kier molecular flexibility index (Phi) is 3.09. The summed E-state index contributed by atoms with van der Waals surface area (Å²) in [5.74, 6) is 0.148. The Morgan fingerprint density at radius 3 is 2.67 bits per heavy atom. The highest BCUT2D eigenvalue weighted by molar-refractivity contribution is 5.69. The van der Waals surface area contributed by atoms with Crippen molar-refractivity contribution >= 4 is 6.09 Å². The quantitative estimate of drug-likeness (QED) is 0.697. The summed E-state index contributed by atoms with van der Waals surface area (Å²) < 4.78 is 5.11. The molecule has 0 unspecified atom stereocenters. The molecule has 0 radical (unpaired) electrons. The van der Waals surface area contributed by atoms with Gasteiger partial charge in [0.1, 0.15) is 5.60 Å². The summed E-state index contributed by atoms with van der Waals surface area (Å²) in [6, 6.07) is 0. The van der Waals surface area contributed by atoms with E-state index in [9.17, 15) is 9.90 Å². The number of alkyl carbamates (subject to hydrolysis) is 1. The fraction of sp³-hybridized carbons (Fsp3) is 0.727. The van der Waals surface area contributed by atoms with Crippen molar-refractivity contribution in [3.8, 4) is 0 Å². The van der Waals surface area contributed by atoms with E-state index in [0.717, 1.165) is 6.42 Å². The Balaban J connectivity index is 2.48. The number of aliphatic hydroxyl groups is 1. The van der Waals surface area contributed by atoms with Crippen molar-refractivity contribution in [3.05, 3.63) is 12.7 Å². The lowest BCUT2D eigenvalue weighted by atomic mass is 10.2. The zero-order chi connectivity index (χ0) is 11.7. The lowest BCUT2D eigenvalue weighted by molar-refractivity contribution is 0.0466. The van der Waals surface area contributed by atoms with Gasteiger partial charge in [-0.25, -0.2) is 4.79 Å². The summed E-state index contributed by atoms with van der Waals surface area (Å²) in [6.45, 7) is 8.97. The zero-order valence-corrected chi connectivity index (χ0v) is 9.54. The number of hydrogen-bond acceptors (Lipinski definition) is 3. The molecule has 0 aromatic heterocycles. The van der Waals surface area contributed by atoms with Gasteiger partial charge in [-0.05, 0) is 27.2 Å². The van der Waals surface area contributed by atoms with E-state index in [1.54, 1.807) is 26.8 Å². The maximum Gasteiger partial charge on any atom is 0.408 e. The SMILES string of the molecule is C=C[C@@H]1C[C@@]1(CO)NC(=O)OC(C)(C)C. The van der Waals surface area contributed by atoms with Crippen LogP contribution in [-0.4, -0.2) is 28.9 Å². The van der Waals surface area contributed by atoms with E-state index in [-0.39, 0.29) is 12.5 Å². The average molecular weight is 213 g/mol. The highest BCUT2D eigenvalue weighted by Crippen LogP contribution is 2.43. The van der Waals surface area contributed by atoms with E-state index >= 15 is 0 Å². The maximum absolute atomic E-state index is 11.5. The number of hydrogen-bond donors (Lipinski definition) is 2. The minimum absolute atomic E-state index is 0.0804. The smallest absolute Gasteiger partial charge is 0.408 e. The van der Waals surface area contributed by atoms with Crippen LogP contribution in [0.2, 0.25) is 0 Å². The van der Waals surface area contributed by atoms with E-state index in [1.807, 2.05) is 0 Å². The number of ether oxygens (including phenoxy) is 1. The van der Waals surface area contributed by atoms with Crippen LogP contribution in [0.4, 0.5) is 4.79 Å². The van der Waals surface area contributed by atoms with Crippen LogP contribution < -0.4 is 5.32 Å². The molecule has 0 aromatic rings. The second-order valence-corrected chi connectivity index (χ2v) is 4.99. The molecule has 1 aliphatic carbocycles. The van der Waals surface area contributed by atoms with Gasteiger partial charge in [-0.2, -0.15) is 0 Å². The van der Waals surface area contributed by atoms with E-state index in [4.69, 9.17) is 4.74 Å². The fourth-order valence-electron chi connectivity index (χ4n) is 1.51. The number of carbonyl (C=O) groups excluding carboxylic acids is 1. The van der Waals surface area contributed by atoms with Crippen LogP contribution in [0.15, 0.2) is 12.7 Å². The molecule has 1 saturated carbocycles. The third-order valence-corrected chi connectivity index (χ3v) is 2.45. The highest BCUT2D eigenvalue weighted by atomic mass is 16.6. The van der Waals surface area contributed by atoms with Gasteiger partial charge in [0.05, 0.1) is 12.1 Å². The molecule has 86 valence electrons. The molecule has 15 heavy (non-hydrogen) atoms. The minimum atomic E-state index is -0.538. The Bertz CT molecular complexity index is 269. The first-order valence-corrected chi connectivity index (χ1v) is 5.07. The monoisotopic (exact) mass is 213 g/mol. The molecule has 0 saturated heterocycles. The molecular weight excluding hydrogens is 194 g/mol. The highest BCUT2D eigenvalue weighted by Gasteiger charge is 2.53. The molecular formula is C11H19NO3. The second-order valence-electron chi connectivity index (χ2n) is 4.99. The molecule has 1 aliphatic rings. The van der Waals surface area contributed by atoms with Gasteiger partial charge >= 0.3 is 6.09 Å². The van der Waals surface area contributed by atoms with Gasteiger partial charge in [-0.15, -0.1) is 6.58 Å². The standard InChI is InChI=1S/C11H19NO3/c1-5-8-6-11(8,7-13)12-9(14)15-10(2,3)4/h5,8,13H,1,6-7H2,2-4H3,(H,12,14)/t8-,11+/m1/s1. The maximum atomic E-state index is 11.5. The van der Waals surface area contributed by atoms with Gasteiger partial charge in [-0.1, -0.05) is 6.08 Å². The van der Waals surface area contributed by atoms with Gasteiger partial charge in [0.2, 0.25) is 0 Å². The third kappa shape index (κ3) is 2.96. The zero-order valence-electron chi connectivity index (χ0n) is 9.54. The van der Waals surface area contributed by atoms with Crippen molar-refractivity contribution in [2.45, 2.75) is 38.3 Å². The Hall–Kier alpha value is -1.03. The average Bonchev–Trinajstić information content (AvgIpc) is 2.76. The molecule has 0 aliphatic heterocycles. The van der Waals surface area contributed by atoms with E-state index in [2.05, 4.69) is 11.9 Å². The van der Waals surface area contributed by atoms with Crippen molar-refractivity contribution < 1.29 is 14.6 Å². The second kappa shape index (κ2) is 3.85. The van der Waals surface area contributed by atoms with Crippen LogP contribution in [0.1, 0.15) is 27.2 Å². The molecule has 0 aromatic carbocycles. The summed E-state index contributed by atoms with van der Waals surface area (Å²) in [4.78, 5) is 11.5. The number of rotatable bonds is 3. The Morgan fingerprint density at radius 1 is 1.73 bits per heavy atom. The number of carbonyl (C=O) groups is 1. The predicted molar refractivity (Wildman–Crippen MR) is 57.5 cm³/mol. The molecule has 0 bridgehead atoms. The first-order valence-electron chi connectivity index (χ1n) is 5.07. The summed E-state index contributed by atoms with van der Waals surface area (Å²) in [7, 11) is 0. The van der Waals surface area contributed by atoms with Crippen LogP contribution in [0.25, 0.3) is 0 Å². The topological polar surface area (TPSA) is 58.6 Å². The first-order chi connectivity index (χ1) is 6.83. The number of nitrogens with one attached hydrogen (secondary N) is 1. The van der Waals surface area contributed by atoms with Gasteiger partial charge in [0.25, 0.3) is 0 Å². The molecule has 4 heteroatoms. The van der Waals surface area contributed by atoms with Gasteiger partial charge < -0.3 is 15.2 Å². The third-order valence-electron chi connectivity index (χ3n) is 2.45. The van der Waals surface area contributed by atoms with Crippen LogP contribution >= 0.6 is 0 Å². The van der Waals surface area contributed by atoms with Crippen molar-refractivity contribution in [1.82, 2.24) is 5.32 Å². The van der Waals surface area contributed by atoms with Gasteiger partial charge in [0.15, 0.2) is 0 Å².